The van der Waals surface area contributed by atoms with Crippen molar-refractivity contribution in [2.45, 2.75) is 13.5 Å². The Morgan fingerprint density at radius 2 is 2.19 bits per heavy atom. The van der Waals surface area contributed by atoms with Crippen LogP contribution in [-0.4, -0.2) is 12.0 Å². The normalized spacial score (nSPS) is 10.7. The van der Waals surface area contributed by atoms with Gasteiger partial charge >= 0.3 is 0 Å². The van der Waals surface area contributed by atoms with Crippen molar-refractivity contribution in [1.82, 2.24) is 10.3 Å². The third kappa shape index (κ3) is 2.46. The molecule has 0 radical (unpaired) electrons. The van der Waals surface area contributed by atoms with Crippen LogP contribution in [0.2, 0.25) is 0 Å². The fourth-order valence-electron chi connectivity index (χ4n) is 1.56. The minimum absolute atomic E-state index is 0.208. The number of aromatic nitrogens is 1. The number of halogens is 1. The molecule has 1 aromatic heterocycles. The average molecular weight is 236 g/mol. The number of rotatable bonds is 3. The third-order valence-corrected chi connectivity index (χ3v) is 3.14. The van der Waals surface area contributed by atoms with Crippen LogP contribution in [0.4, 0.5) is 4.39 Å². The van der Waals surface area contributed by atoms with E-state index in [0.717, 1.165) is 28.4 Å². The lowest BCUT2D eigenvalue weighted by atomic mass is 10.1. The monoisotopic (exact) mass is 236 g/mol. The van der Waals surface area contributed by atoms with Gasteiger partial charge in [0.2, 0.25) is 0 Å². The minimum Gasteiger partial charge on any atom is -0.314 e. The van der Waals surface area contributed by atoms with E-state index in [1.54, 1.807) is 11.3 Å². The summed E-state index contributed by atoms with van der Waals surface area (Å²) in [6.07, 6.45) is 0. The first-order chi connectivity index (χ1) is 7.69. The molecular weight excluding hydrogens is 223 g/mol. The summed E-state index contributed by atoms with van der Waals surface area (Å²) in [6, 6.07) is 4.99. The highest BCUT2D eigenvalue weighted by molar-refractivity contribution is 7.13. The van der Waals surface area contributed by atoms with Crippen molar-refractivity contribution in [2.24, 2.45) is 0 Å². The highest BCUT2D eigenvalue weighted by atomic mass is 32.1. The van der Waals surface area contributed by atoms with Crippen LogP contribution in [0.25, 0.3) is 10.6 Å². The van der Waals surface area contributed by atoms with Gasteiger partial charge in [-0.1, -0.05) is 0 Å². The Labute approximate surface area is 98.2 Å². The molecule has 1 heterocycles. The predicted molar refractivity (Wildman–Crippen MR) is 65.0 cm³/mol. The van der Waals surface area contributed by atoms with E-state index >= 15 is 0 Å². The molecule has 2 aromatic rings. The van der Waals surface area contributed by atoms with Gasteiger partial charge in [-0.2, -0.15) is 0 Å². The van der Waals surface area contributed by atoms with Gasteiger partial charge in [0, 0.05) is 17.5 Å². The van der Waals surface area contributed by atoms with Gasteiger partial charge in [0.15, 0.2) is 0 Å². The first kappa shape index (κ1) is 11.2. The second kappa shape index (κ2) is 4.72. The standard InChI is InChI=1S/C12H13FN2S/c1-8-3-9(5-10(13)4-8)12-15-11(6-14-2)7-16-12/h3-5,7,14H,6H2,1-2H3. The number of nitrogens with one attached hydrogen (secondary N) is 1. The van der Waals surface area contributed by atoms with Gasteiger partial charge in [0.05, 0.1) is 5.69 Å². The summed E-state index contributed by atoms with van der Waals surface area (Å²) in [4.78, 5) is 4.44. The Balaban J connectivity index is 2.34. The summed E-state index contributed by atoms with van der Waals surface area (Å²) < 4.78 is 13.2. The van der Waals surface area contributed by atoms with E-state index < -0.39 is 0 Å². The van der Waals surface area contributed by atoms with Crippen molar-refractivity contribution in [3.63, 3.8) is 0 Å². The Morgan fingerprint density at radius 3 is 2.88 bits per heavy atom. The first-order valence-corrected chi connectivity index (χ1v) is 5.93. The number of hydrogen-bond acceptors (Lipinski definition) is 3. The summed E-state index contributed by atoms with van der Waals surface area (Å²) >= 11 is 1.54. The molecule has 0 spiro atoms. The Morgan fingerprint density at radius 1 is 1.38 bits per heavy atom. The quantitative estimate of drug-likeness (QED) is 0.886. The molecule has 0 aliphatic rings. The lowest BCUT2D eigenvalue weighted by Crippen LogP contribution is -2.04. The lowest BCUT2D eigenvalue weighted by Gasteiger charge is -1.99. The molecule has 0 saturated carbocycles. The molecule has 16 heavy (non-hydrogen) atoms. The van der Waals surface area contributed by atoms with Gasteiger partial charge in [-0.25, -0.2) is 9.37 Å². The first-order valence-electron chi connectivity index (χ1n) is 5.05. The second-order valence-electron chi connectivity index (χ2n) is 3.69. The van der Waals surface area contributed by atoms with Crippen LogP contribution < -0.4 is 5.32 Å². The molecule has 0 fully saturated rings. The number of hydrogen-bond donors (Lipinski definition) is 1. The van der Waals surface area contributed by atoms with Gasteiger partial charge in [0.1, 0.15) is 10.8 Å². The Bertz CT molecular complexity index is 473. The van der Waals surface area contributed by atoms with Gasteiger partial charge in [-0.3, -0.25) is 0 Å². The Hall–Kier alpha value is -1.26. The van der Waals surface area contributed by atoms with E-state index in [-0.39, 0.29) is 5.82 Å². The third-order valence-electron chi connectivity index (χ3n) is 2.20. The summed E-state index contributed by atoms with van der Waals surface area (Å²) in [6.45, 7) is 2.62. The van der Waals surface area contributed by atoms with E-state index in [4.69, 9.17) is 0 Å². The van der Waals surface area contributed by atoms with E-state index in [1.165, 1.54) is 12.1 Å². The molecule has 0 aliphatic carbocycles. The zero-order valence-corrected chi connectivity index (χ0v) is 10.1. The lowest BCUT2D eigenvalue weighted by molar-refractivity contribution is 0.627. The molecule has 0 aliphatic heterocycles. The minimum atomic E-state index is -0.208. The maximum absolute atomic E-state index is 13.2. The fourth-order valence-corrected chi connectivity index (χ4v) is 2.37. The fraction of sp³-hybridized carbons (Fsp3) is 0.250. The predicted octanol–water partition coefficient (Wildman–Crippen LogP) is 2.98. The number of benzene rings is 1. The van der Waals surface area contributed by atoms with Crippen molar-refractivity contribution < 1.29 is 4.39 Å². The SMILES string of the molecule is CNCc1csc(-c2cc(C)cc(F)c2)n1. The van der Waals surface area contributed by atoms with E-state index in [0.29, 0.717) is 0 Å². The average Bonchev–Trinajstić information content (AvgIpc) is 2.65. The molecule has 2 rings (SSSR count). The maximum atomic E-state index is 13.2. The molecule has 0 unspecified atom stereocenters. The molecule has 0 bridgehead atoms. The number of thiazole rings is 1. The van der Waals surface area contributed by atoms with Crippen LogP contribution >= 0.6 is 11.3 Å². The van der Waals surface area contributed by atoms with Crippen molar-refractivity contribution in [3.8, 4) is 10.6 Å². The number of nitrogens with zero attached hydrogens (tertiary/aromatic N) is 1. The van der Waals surface area contributed by atoms with Crippen molar-refractivity contribution in [2.75, 3.05) is 7.05 Å². The van der Waals surface area contributed by atoms with Gasteiger partial charge in [-0.15, -0.1) is 11.3 Å². The van der Waals surface area contributed by atoms with E-state index in [1.807, 2.05) is 25.4 Å². The molecule has 1 N–H and O–H groups in total. The van der Waals surface area contributed by atoms with Crippen molar-refractivity contribution >= 4 is 11.3 Å². The van der Waals surface area contributed by atoms with E-state index in [2.05, 4.69) is 10.3 Å². The maximum Gasteiger partial charge on any atom is 0.124 e. The largest absolute Gasteiger partial charge is 0.314 e. The second-order valence-corrected chi connectivity index (χ2v) is 4.55. The van der Waals surface area contributed by atoms with Crippen LogP contribution in [0.1, 0.15) is 11.3 Å². The smallest absolute Gasteiger partial charge is 0.124 e. The molecule has 84 valence electrons. The molecule has 0 saturated heterocycles. The van der Waals surface area contributed by atoms with Gasteiger partial charge < -0.3 is 5.32 Å². The summed E-state index contributed by atoms with van der Waals surface area (Å²) in [5, 5.41) is 5.90. The molecule has 1 aromatic carbocycles. The number of aryl methyl sites for hydroxylation is 1. The van der Waals surface area contributed by atoms with Gasteiger partial charge in [0.25, 0.3) is 0 Å². The van der Waals surface area contributed by atoms with Crippen LogP contribution in [0.15, 0.2) is 23.6 Å². The molecule has 4 heteroatoms. The Kier molecular flexibility index (Phi) is 3.31. The van der Waals surface area contributed by atoms with Crippen molar-refractivity contribution in [1.29, 1.82) is 0 Å². The summed E-state index contributed by atoms with van der Waals surface area (Å²) in [5.41, 5.74) is 2.76. The summed E-state index contributed by atoms with van der Waals surface area (Å²) in [5.74, 6) is -0.208. The van der Waals surface area contributed by atoms with Crippen LogP contribution in [0, 0.1) is 12.7 Å². The highest BCUT2D eigenvalue weighted by Crippen LogP contribution is 2.25. The highest BCUT2D eigenvalue weighted by Gasteiger charge is 2.06. The van der Waals surface area contributed by atoms with Crippen molar-refractivity contribution in [3.05, 3.63) is 40.7 Å². The zero-order chi connectivity index (χ0) is 11.5. The van der Waals surface area contributed by atoms with Gasteiger partial charge in [-0.05, 0) is 37.7 Å². The van der Waals surface area contributed by atoms with Crippen LogP contribution in [-0.2, 0) is 6.54 Å². The summed E-state index contributed by atoms with van der Waals surface area (Å²) in [7, 11) is 1.88. The van der Waals surface area contributed by atoms with E-state index in [9.17, 15) is 4.39 Å². The molecular formula is C12H13FN2S. The van der Waals surface area contributed by atoms with Crippen LogP contribution in [0.5, 0.6) is 0 Å². The molecule has 0 atom stereocenters. The van der Waals surface area contributed by atoms with Crippen LogP contribution in [0.3, 0.4) is 0 Å². The zero-order valence-electron chi connectivity index (χ0n) is 9.25. The molecule has 2 nitrogen and oxygen atoms in total. The molecule has 0 amide bonds. The topological polar surface area (TPSA) is 24.9 Å².